The zero-order valence-corrected chi connectivity index (χ0v) is 17.5. The molecule has 0 aromatic heterocycles. The summed E-state index contributed by atoms with van der Waals surface area (Å²) in [6, 6.07) is 18.4. The van der Waals surface area contributed by atoms with Gasteiger partial charge in [0.15, 0.2) is 0 Å². The lowest BCUT2D eigenvalue weighted by Crippen LogP contribution is -2.58. The fourth-order valence-electron chi connectivity index (χ4n) is 3.68. The van der Waals surface area contributed by atoms with Gasteiger partial charge < -0.3 is 20.3 Å². The molecule has 0 saturated heterocycles. The van der Waals surface area contributed by atoms with Crippen molar-refractivity contribution in [3.63, 3.8) is 0 Å². The number of rotatable bonds is 8. The molecular formula is C23H29NO4S. The van der Waals surface area contributed by atoms with Crippen molar-refractivity contribution in [3.8, 4) is 0 Å². The fourth-order valence-corrected chi connectivity index (χ4v) is 4.87. The summed E-state index contributed by atoms with van der Waals surface area (Å²) in [4.78, 5) is 12.3. The summed E-state index contributed by atoms with van der Waals surface area (Å²) >= 11 is 1.77. The Bertz CT molecular complexity index is 758. The van der Waals surface area contributed by atoms with E-state index in [9.17, 15) is 9.90 Å². The average Bonchev–Trinajstić information content (AvgIpc) is 2.76. The third-order valence-electron chi connectivity index (χ3n) is 5.27. The Morgan fingerprint density at radius 3 is 2.45 bits per heavy atom. The van der Waals surface area contributed by atoms with Gasteiger partial charge in [-0.15, -0.1) is 0 Å². The molecule has 3 N–H and O–H groups in total. The van der Waals surface area contributed by atoms with Crippen LogP contribution in [0, 0.1) is 5.92 Å². The number of nitrogens with two attached hydrogens (primary N) is 1. The maximum Gasteiger partial charge on any atom is 0.338 e. The van der Waals surface area contributed by atoms with Gasteiger partial charge in [0.1, 0.15) is 6.10 Å². The van der Waals surface area contributed by atoms with Crippen LogP contribution in [0.2, 0.25) is 0 Å². The number of hydrogen-bond acceptors (Lipinski definition) is 6. The van der Waals surface area contributed by atoms with Gasteiger partial charge in [-0.3, -0.25) is 0 Å². The van der Waals surface area contributed by atoms with Crippen molar-refractivity contribution in [2.45, 2.75) is 43.5 Å². The second-order valence-electron chi connectivity index (χ2n) is 7.28. The number of aliphatic hydroxyl groups excluding tert-OH is 1. The third kappa shape index (κ3) is 5.82. The van der Waals surface area contributed by atoms with Crippen molar-refractivity contribution in [1.82, 2.24) is 0 Å². The van der Waals surface area contributed by atoms with Crippen LogP contribution in [0.3, 0.4) is 0 Å². The number of hydrogen-bond donors (Lipinski definition) is 2. The Labute approximate surface area is 176 Å². The molecule has 2 aromatic carbocycles. The Morgan fingerprint density at radius 1 is 1.14 bits per heavy atom. The van der Waals surface area contributed by atoms with E-state index in [1.165, 1.54) is 0 Å². The molecule has 2 aromatic rings. The van der Waals surface area contributed by atoms with E-state index in [-0.39, 0.29) is 29.8 Å². The first-order valence-electron chi connectivity index (χ1n) is 10.0. The minimum absolute atomic E-state index is 0.143. The number of esters is 1. The topological polar surface area (TPSA) is 81.8 Å². The first-order chi connectivity index (χ1) is 14.1. The molecule has 5 unspecified atom stereocenters. The van der Waals surface area contributed by atoms with Crippen molar-refractivity contribution in [2.75, 3.05) is 12.4 Å². The van der Waals surface area contributed by atoms with Crippen molar-refractivity contribution < 1.29 is 19.4 Å². The highest BCUT2D eigenvalue weighted by molar-refractivity contribution is 7.99. The second kappa shape index (κ2) is 10.8. The van der Waals surface area contributed by atoms with E-state index in [0.29, 0.717) is 18.6 Å². The maximum absolute atomic E-state index is 12.3. The molecular weight excluding hydrogens is 386 g/mol. The minimum Gasteiger partial charge on any atom is -0.462 e. The zero-order chi connectivity index (χ0) is 20.6. The van der Waals surface area contributed by atoms with E-state index >= 15 is 0 Å². The monoisotopic (exact) mass is 415 g/mol. The predicted octanol–water partition coefficient (Wildman–Crippen LogP) is 3.26. The molecule has 0 bridgehead atoms. The van der Waals surface area contributed by atoms with Crippen LogP contribution in [0.5, 0.6) is 0 Å². The lowest BCUT2D eigenvalue weighted by atomic mass is 9.81. The predicted molar refractivity (Wildman–Crippen MR) is 116 cm³/mol. The Hall–Kier alpha value is -1.86. The number of carbonyl (C=O) groups is 1. The molecule has 5 nitrogen and oxygen atoms in total. The second-order valence-corrected chi connectivity index (χ2v) is 8.80. The van der Waals surface area contributed by atoms with E-state index < -0.39 is 12.2 Å². The number of benzene rings is 2. The molecule has 6 heteroatoms. The standard InChI is InChI=1S/C23H29NO4S/c1-2-29-19-13-18(15-28-23(26)17-11-7-4-8-12-17)21(25)22(20(19)24)27-14-16-9-5-3-6-10-16/h3-12,18-22,25H,2,13-15,24H2,1H3. The Kier molecular flexibility index (Phi) is 8.12. The molecule has 0 spiro atoms. The summed E-state index contributed by atoms with van der Waals surface area (Å²) in [7, 11) is 0. The van der Waals surface area contributed by atoms with Gasteiger partial charge in [0.2, 0.25) is 0 Å². The summed E-state index contributed by atoms with van der Waals surface area (Å²) in [5.74, 6) is 0.331. The molecule has 0 aliphatic heterocycles. The zero-order valence-electron chi connectivity index (χ0n) is 16.6. The van der Waals surface area contributed by atoms with Gasteiger partial charge in [0.25, 0.3) is 0 Å². The molecule has 1 aliphatic rings. The highest BCUT2D eigenvalue weighted by atomic mass is 32.2. The van der Waals surface area contributed by atoms with Crippen LogP contribution >= 0.6 is 11.8 Å². The molecule has 0 radical (unpaired) electrons. The van der Waals surface area contributed by atoms with E-state index in [0.717, 1.165) is 11.3 Å². The van der Waals surface area contributed by atoms with Crippen molar-refractivity contribution in [3.05, 3.63) is 71.8 Å². The van der Waals surface area contributed by atoms with Crippen LogP contribution in [0.25, 0.3) is 0 Å². The Balaban J connectivity index is 1.65. The van der Waals surface area contributed by atoms with Gasteiger partial charge in [-0.25, -0.2) is 4.79 Å². The summed E-state index contributed by atoms with van der Waals surface area (Å²) in [6.45, 7) is 2.62. The van der Waals surface area contributed by atoms with E-state index in [4.69, 9.17) is 15.2 Å². The molecule has 0 heterocycles. The van der Waals surface area contributed by atoms with Gasteiger partial charge in [0, 0.05) is 17.2 Å². The van der Waals surface area contributed by atoms with Crippen molar-refractivity contribution >= 4 is 17.7 Å². The van der Waals surface area contributed by atoms with Gasteiger partial charge in [-0.05, 0) is 29.9 Å². The molecule has 29 heavy (non-hydrogen) atoms. The lowest BCUT2D eigenvalue weighted by Gasteiger charge is -2.43. The number of aliphatic hydroxyl groups is 1. The average molecular weight is 416 g/mol. The quantitative estimate of drug-likeness (QED) is 0.644. The minimum atomic E-state index is -0.786. The van der Waals surface area contributed by atoms with Crippen LogP contribution in [0.1, 0.15) is 29.3 Å². The molecule has 1 saturated carbocycles. The summed E-state index contributed by atoms with van der Waals surface area (Å²) in [5.41, 5.74) is 8.00. The van der Waals surface area contributed by atoms with Gasteiger partial charge in [0.05, 0.1) is 24.9 Å². The molecule has 0 amide bonds. The smallest absolute Gasteiger partial charge is 0.338 e. The molecule has 5 atom stereocenters. The first-order valence-corrected chi connectivity index (χ1v) is 11.1. The van der Waals surface area contributed by atoms with Crippen LogP contribution in [-0.2, 0) is 16.1 Å². The SMILES string of the molecule is CCSC1CC(COC(=O)c2ccccc2)C(O)C(OCc2ccccc2)C1N. The van der Waals surface area contributed by atoms with Gasteiger partial charge in [-0.2, -0.15) is 11.8 Å². The molecule has 1 fully saturated rings. The highest BCUT2D eigenvalue weighted by Crippen LogP contribution is 2.34. The summed E-state index contributed by atoms with van der Waals surface area (Å²) in [5, 5.41) is 11.1. The summed E-state index contributed by atoms with van der Waals surface area (Å²) < 4.78 is 11.6. The largest absolute Gasteiger partial charge is 0.462 e. The maximum atomic E-state index is 12.3. The van der Waals surface area contributed by atoms with Crippen LogP contribution in [-0.4, -0.2) is 46.9 Å². The van der Waals surface area contributed by atoms with Crippen LogP contribution in [0.4, 0.5) is 0 Å². The third-order valence-corrected chi connectivity index (χ3v) is 6.54. The molecule has 156 valence electrons. The van der Waals surface area contributed by atoms with E-state index in [1.54, 1.807) is 36.0 Å². The van der Waals surface area contributed by atoms with E-state index in [1.807, 2.05) is 36.4 Å². The first kappa shape index (κ1) is 21.8. The van der Waals surface area contributed by atoms with Crippen molar-refractivity contribution in [1.29, 1.82) is 0 Å². The fraction of sp³-hybridized carbons (Fsp3) is 0.435. The van der Waals surface area contributed by atoms with E-state index in [2.05, 4.69) is 6.92 Å². The van der Waals surface area contributed by atoms with Gasteiger partial charge in [-0.1, -0.05) is 55.5 Å². The number of ether oxygens (including phenoxy) is 2. The molecule has 3 rings (SSSR count). The van der Waals surface area contributed by atoms with Crippen LogP contribution < -0.4 is 5.73 Å². The molecule has 1 aliphatic carbocycles. The summed E-state index contributed by atoms with van der Waals surface area (Å²) in [6.07, 6.45) is -0.604. The number of thioether (sulfide) groups is 1. The Morgan fingerprint density at radius 2 is 1.79 bits per heavy atom. The number of carbonyl (C=O) groups excluding carboxylic acids is 1. The lowest BCUT2D eigenvalue weighted by molar-refractivity contribution is -0.108. The van der Waals surface area contributed by atoms with Crippen molar-refractivity contribution in [2.24, 2.45) is 11.7 Å². The highest BCUT2D eigenvalue weighted by Gasteiger charge is 2.43. The van der Waals surface area contributed by atoms with Crippen LogP contribution in [0.15, 0.2) is 60.7 Å². The van der Waals surface area contributed by atoms with Gasteiger partial charge >= 0.3 is 5.97 Å². The normalized spacial score (nSPS) is 26.8.